The molecule has 1 heterocycles. The van der Waals surface area contributed by atoms with E-state index in [1.807, 2.05) is 18.2 Å². The lowest BCUT2D eigenvalue weighted by Gasteiger charge is -2.15. The number of nitrogens with zero attached hydrogens (tertiary/aromatic N) is 1. The summed E-state index contributed by atoms with van der Waals surface area (Å²) in [7, 11) is 0. The fourth-order valence-corrected chi connectivity index (χ4v) is 2.36. The molecule has 0 aliphatic carbocycles. The van der Waals surface area contributed by atoms with E-state index in [2.05, 4.69) is 52.2 Å². The first-order valence-electron chi connectivity index (χ1n) is 6.81. The van der Waals surface area contributed by atoms with Gasteiger partial charge in [-0.2, -0.15) is 0 Å². The molecule has 3 nitrogen and oxygen atoms in total. The van der Waals surface area contributed by atoms with Crippen molar-refractivity contribution in [1.82, 2.24) is 10.3 Å². The van der Waals surface area contributed by atoms with Gasteiger partial charge in [-0.1, -0.05) is 13.0 Å². The molecule has 1 atom stereocenters. The second-order valence-electron chi connectivity index (χ2n) is 4.66. The monoisotopic (exact) mass is 334 g/mol. The van der Waals surface area contributed by atoms with Crippen molar-refractivity contribution in [1.29, 1.82) is 0 Å². The van der Waals surface area contributed by atoms with Crippen molar-refractivity contribution in [2.24, 2.45) is 0 Å². The van der Waals surface area contributed by atoms with Crippen molar-refractivity contribution in [2.75, 3.05) is 6.54 Å². The van der Waals surface area contributed by atoms with Crippen molar-refractivity contribution in [3.63, 3.8) is 0 Å². The zero-order chi connectivity index (χ0) is 14.4. The molecule has 0 radical (unpaired) electrons. The number of benzene rings is 1. The van der Waals surface area contributed by atoms with Crippen LogP contribution in [0.1, 0.15) is 31.9 Å². The molecule has 20 heavy (non-hydrogen) atoms. The van der Waals surface area contributed by atoms with Gasteiger partial charge in [0.2, 0.25) is 0 Å². The summed E-state index contributed by atoms with van der Waals surface area (Å²) in [6, 6.07) is 10.2. The molecule has 0 saturated carbocycles. The quantitative estimate of drug-likeness (QED) is 0.831. The van der Waals surface area contributed by atoms with Gasteiger partial charge in [0.1, 0.15) is 11.5 Å². The van der Waals surface area contributed by atoms with Crippen molar-refractivity contribution >= 4 is 15.9 Å². The third-order valence-corrected chi connectivity index (χ3v) is 3.64. The summed E-state index contributed by atoms with van der Waals surface area (Å²) in [6.07, 6.45) is 4.56. The van der Waals surface area contributed by atoms with E-state index in [1.54, 1.807) is 12.4 Å². The third-order valence-electron chi connectivity index (χ3n) is 3.02. The number of halogens is 1. The number of pyridine rings is 1. The summed E-state index contributed by atoms with van der Waals surface area (Å²) in [5, 5.41) is 3.47. The topological polar surface area (TPSA) is 34.1 Å². The maximum absolute atomic E-state index is 5.80. The molecule has 1 aromatic carbocycles. The highest BCUT2D eigenvalue weighted by molar-refractivity contribution is 9.10. The Morgan fingerprint density at radius 1 is 1.35 bits per heavy atom. The van der Waals surface area contributed by atoms with Gasteiger partial charge in [-0.15, -0.1) is 0 Å². The number of hydrogen-bond donors (Lipinski definition) is 1. The number of aromatic nitrogens is 1. The van der Waals surface area contributed by atoms with Gasteiger partial charge in [0, 0.05) is 12.2 Å². The second-order valence-corrected chi connectivity index (χ2v) is 5.51. The van der Waals surface area contributed by atoms with Crippen LogP contribution in [0.2, 0.25) is 0 Å². The van der Waals surface area contributed by atoms with Gasteiger partial charge in [0.05, 0.1) is 10.7 Å². The number of ether oxygens (including phenoxy) is 1. The van der Waals surface area contributed by atoms with Gasteiger partial charge >= 0.3 is 0 Å². The average Bonchev–Trinajstić information content (AvgIpc) is 2.48. The van der Waals surface area contributed by atoms with Gasteiger partial charge in [0.15, 0.2) is 0 Å². The highest BCUT2D eigenvalue weighted by atomic mass is 79.9. The molecular formula is C16H19BrN2O. The van der Waals surface area contributed by atoms with Crippen LogP contribution in [0, 0.1) is 0 Å². The van der Waals surface area contributed by atoms with Crippen LogP contribution in [-0.2, 0) is 0 Å². The molecule has 106 valence electrons. The Balaban J connectivity index is 2.10. The van der Waals surface area contributed by atoms with E-state index in [4.69, 9.17) is 4.74 Å². The summed E-state index contributed by atoms with van der Waals surface area (Å²) >= 11 is 3.57. The molecule has 0 aliphatic heterocycles. The minimum atomic E-state index is 0.332. The number of hydrogen-bond acceptors (Lipinski definition) is 3. The van der Waals surface area contributed by atoms with E-state index in [0.29, 0.717) is 6.04 Å². The van der Waals surface area contributed by atoms with Crippen molar-refractivity contribution in [3.05, 3.63) is 52.8 Å². The first kappa shape index (κ1) is 15.0. The van der Waals surface area contributed by atoms with Crippen LogP contribution in [-0.4, -0.2) is 11.5 Å². The van der Waals surface area contributed by atoms with Crippen LogP contribution >= 0.6 is 15.9 Å². The SMILES string of the molecule is CCCNC(C)c1ccc(Oc2cccnc2)c(Br)c1. The standard InChI is InChI=1S/C16H19BrN2O/c1-3-8-19-12(2)13-6-7-16(15(17)10-13)20-14-5-4-9-18-11-14/h4-7,9-12,19H,3,8H2,1-2H3. The normalized spacial score (nSPS) is 12.2. The highest BCUT2D eigenvalue weighted by Gasteiger charge is 2.08. The molecule has 1 aromatic heterocycles. The van der Waals surface area contributed by atoms with Crippen molar-refractivity contribution < 1.29 is 4.74 Å². The number of rotatable bonds is 6. The maximum atomic E-state index is 5.80. The van der Waals surface area contributed by atoms with Gasteiger partial charge in [-0.3, -0.25) is 4.98 Å². The zero-order valence-corrected chi connectivity index (χ0v) is 13.4. The van der Waals surface area contributed by atoms with E-state index in [-0.39, 0.29) is 0 Å². The molecule has 0 saturated heterocycles. The molecular weight excluding hydrogens is 316 g/mol. The molecule has 4 heteroatoms. The van der Waals surface area contributed by atoms with Crippen LogP contribution in [0.4, 0.5) is 0 Å². The first-order valence-corrected chi connectivity index (χ1v) is 7.60. The molecule has 0 aliphatic rings. The Labute approximate surface area is 128 Å². The average molecular weight is 335 g/mol. The van der Waals surface area contributed by atoms with Gasteiger partial charge in [-0.05, 0) is 65.6 Å². The Kier molecular flexibility index (Phi) is 5.56. The van der Waals surface area contributed by atoms with E-state index < -0.39 is 0 Å². The molecule has 1 unspecified atom stereocenters. The van der Waals surface area contributed by atoms with Crippen molar-refractivity contribution in [2.45, 2.75) is 26.3 Å². The minimum absolute atomic E-state index is 0.332. The molecule has 0 bridgehead atoms. The summed E-state index contributed by atoms with van der Waals surface area (Å²) in [5.41, 5.74) is 1.24. The fourth-order valence-electron chi connectivity index (χ4n) is 1.88. The minimum Gasteiger partial charge on any atom is -0.455 e. The highest BCUT2D eigenvalue weighted by Crippen LogP contribution is 2.31. The van der Waals surface area contributed by atoms with Crippen LogP contribution in [0.15, 0.2) is 47.2 Å². The zero-order valence-electron chi connectivity index (χ0n) is 11.8. The second kappa shape index (κ2) is 7.41. The van der Waals surface area contributed by atoms with E-state index in [0.717, 1.165) is 28.9 Å². The van der Waals surface area contributed by atoms with Crippen LogP contribution in [0.25, 0.3) is 0 Å². The van der Waals surface area contributed by atoms with E-state index >= 15 is 0 Å². The summed E-state index contributed by atoms with van der Waals surface area (Å²) < 4.78 is 6.74. The summed E-state index contributed by atoms with van der Waals surface area (Å²) in [5.74, 6) is 1.53. The fraction of sp³-hybridized carbons (Fsp3) is 0.312. The summed E-state index contributed by atoms with van der Waals surface area (Å²) in [4.78, 5) is 4.04. The van der Waals surface area contributed by atoms with Crippen molar-refractivity contribution in [3.8, 4) is 11.5 Å². The van der Waals surface area contributed by atoms with E-state index in [1.165, 1.54) is 5.56 Å². The van der Waals surface area contributed by atoms with Crippen LogP contribution < -0.4 is 10.1 Å². The van der Waals surface area contributed by atoms with Crippen LogP contribution in [0.3, 0.4) is 0 Å². The van der Waals surface area contributed by atoms with Gasteiger partial charge < -0.3 is 10.1 Å². The Hall–Kier alpha value is -1.39. The largest absolute Gasteiger partial charge is 0.455 e. The summed E-state index contributed by atoms with van der Waals surface area (Å²) in [6.45, 7) is 5.35. The third kappa shape index (κ3) is 4.05. The lowest BCUT2D eigenvalue weighted by molar-refractivity contribution is 0.476. The van der Waals surface area contributed by atoms with Gasteiger partial charge in [-0.25, -0.2) is 0 Å². The first-order chi connectivity index (χ1) is 9.70. The molecule has 0 amide bonds. The number of nitrogens with one attached hydrogen (secondary N) is 1. The Morgan fingerprint density at radius 2 is 2.20 bits per heavy atom. The van der Waals surface area contributed by atoms with E-state index in [9.17, 15) is 0 Å². The smallest absolute Gasteiger partial charge is 0.145 e. The lowest BCUT2D eigenvalue weighted by Crippen LogP contribution is -2.19. The molecule has 1 N–H and O–H groups in total. The van der Waals surface area contributed by atoms with Gasteiger partial charge in [0.25, 0.3) is 0 Å². The molecule has 0 spiro atoms. The predicted octanol–water partition coefficient (Wildman–Crippen LogP) is 4.70. The molecule has 0 fully saturated rings. The molecule has 2 aromatic rings. The molecule has 2 rings (SSSR count). The Morgan fingerprint density at radius 3 is 2.85 bits per heavy atom. The lowest BCUT2D eigenvalue weighted by atomic mass is 10.1. The maximum Gasteiger partial charge on any atom is 0.145 e. The Bertz CT molecular complexity index is 545. The van der Waals surface area contributed by atoms with Crippen LogP contribution in [0.5, 0.6) is 11.5 Å². The predicted molar refractivity (Wildman–Crippen MR) is 85.2 cm³/mol.